The van der Waals surface area contributed by atoms with Crippen LogP contribution < -0.4 is 19.3 Å². The van der Waals surface area contributed by atoms with Crippen LogP contribution in [0.3, 0.4) is 0 Å². The Balaban J connectivity index is 1.60. The van der Waals surface area contributed by atoms with Gasteiger partial charge in [-0.05, 0) is 24.3 Å². The fraction of sp³-hybridized carbons (Fsp3) is 0.300. The van der Waals surface area contributed by atoms with Crippen molar-refractivity contribution in [3.8, 4) is 11.5 Å². The zero-order valence-electron chi connectivity index (χ0n) is 15.4. The first-order chi connectivity index (χ1) is 13.2. The highest BCUT2D eigenvalue weighted by atomic mass is 35.5. The van der Waals surface area contributed by atoms with Gasteiger partial charge in [0.1, 0.15) is 12.1 Å². The Kier molecular flexibility index (Phi) is 4.90. The highest BCUT2D eigenvalue weighted by Crippen LogP contribution is 2.35. The van der Waals surface area contributed by atoms with Crippen molar-refractivity contribution in [3.05, 3.63) is 47.7 Å². The molecule has 0 amide bonds. The molecule has 1 aliphatic heterocycles. The third-order valence-corrected chi connectivity index (χ3v) is 5.11. The summed E-state index contributed by atoms with van der Waals surface area (Å²) in [5.74, 6) is 2.27. The zero-order chi connectivity index (χ0) is 18.8. The average molecular weight is 385 g/mol. The second-order valence-electron chi connectivity index (χ2n) is 6.38. The topological polar surface area (TPSA) is 50.7 Å². The number of anilines is 2. The normalized spacial score (nSPS) is 14.5. The van der Waals surface area contributed by atoms with Gasteiger partial charge in [0, 0.05) is 48.3 Å². The monoisotopic (exact) mass is 384 g/mol. The van der Waals surface area contributed by atoms with Gasteiger partial charge in [-0.25, -0.2) is 9.97 Å². The summed E-state index contributed by atoms with van der Waals surface area (Å²) in [6, 6.07) is 11.8. The van der Waals surface area contributed by atoms with Gasteiger partial charge in [0.15, 0.2) is 11.5 Å². The van der Waals surface area contributed by atoms with E-state index in [-0.39, 0.29) is 0 Å². The SMILES string of the molecule is COc1cc2ncnc(N3CCN(c4cccc(Cl)c4)CC3)c2cc1OC. The zero-order valence-corrected chi connectivity index (χ0v) is 16.1. The smallest absolute Gasteiger partial charge is 0.162 e. The number of hydrogen-bond acceptors (Lipinski definition) is 6. The molecule has 0 N–H and O–H groups in total. The van der Waals surface area contributed by atoms with Gasteiger partial charge in [0.2, 0.25) is 0 Å². The van der Waals surface area contributed by atoms with E-state index in [1.807, 2.05) is 30.3 Å². The van der Waals surface area contributed by atoms with E-state index in [1.165, 1.54) is 0 Å². The lowest BCUT2D eigenvalue weighted by atomic mass is 10.1. The molecule has 2 aromatic carbocycles. The number of benzene rings is 2. The number of aromatic nitrogens is 2. The highest BCUT2D eigenvalue weighted by molar-refractivity contribution is 6.30. The van der Waals surface area contributed by atoms with Crippen molar-refractivity contribution in [1.29, 1.82) is 0 Å². The summed E-state index contributed by atoms with van der Waals surface area (Å²) in [5.41, 5.74) is 2.00. The Morgan fingerprint density at radius 1 is 0.889 bits per heavy atom. The first kappa shape index (κ1) is 17.7. The summed E-state index contributed by atoms with van der Waals surface area (Å²) < 4.78 is 10.8. The fourth-order valence-electron chi connectivity index (χ4n) is 3.47. The lowest BCUT2D eigenvalue weighted by Gasteiger charge is -2.37. The van der Waals surface area contributed by atoms with E-state index in [0.29, 0.717) is 11.5 Å². The van der Waals surface area contributed by atoms with Gasteiger partial charge in [-0.1, -0.05) is 17.7 Å². The van der Waals surface area contributed by atoms with Crippen LogP contribution in [0.4, 0.5) is 11.5 Å². The number of halogens is 1. The van der Waals surface area contributed by atoms with Crippen LogP contribution in [0.5, 0.6) is 11.5 Å². The number of nitrogens with zero attached hydrogens (tertiary/aromatic N) is 4. The molecule has 0 spiro atoms. The predicted molar refractivity (Wildman–Crippen MR) is 109 cm³/mol. The number of methoxy groups -OCH3 is 2. The van der Waals surface area contributed by atoms with E-state index in [2.05, 4.69) is 25.8 Å². The summed E-state index contributed by atoms with van der Waals surface area (Å²) in [5, 5.41) is 1.73. The van der Waals surface area contributed by atoms with Crippen LogP contribution >= 0.6 is 11.6 Å². The van der Waals surface area contributed by atoms with Gasteiger partial charge in [-0.3, -0.25) is 0 Å². The number of piperazine rings is 1. The molecule has 1 saturated heterocycles. The lowest BCUT2D eigenvalue weighted by Crippen LogP contribution is -2.46. The Hall–Kier alpha value is -2.73. The maximum Gasteiger partial charge on any atom is 0.162 e. The molecule has 0 atom stereocenters. The van der Waals surface area contributed by atoms with Crippen molar-refractivity contribution < 1.29 is 9.47 Å². The molecule has 6 nitrogen and oxygen atoms in total. The third-order valence-electron chi connectivity index (χ3n) is 4.87. The number of hydrogen-bond donors (Lipinski definition) is 0. The van der Waals surface area contributed by atoms with Crippen molar-refractivity contribution >= 4 is 34.0 Å². The van der Waals surface area contributed by atoms with Crippen LogP contribution in [0.1, 0.15) is 0 Å². The van der Waals surface area contributed by atoms with E-state index in [0.717, 1.165) is 53.6 Å². The van der Waals surface area contributed by atoms with Crippen LogP contribution in [0, 0.1) is 0 Å². The minimum atomic E-state index is 0.667. The summed E-state index contributed by atoms with van der Waals surface area (Å²) in [7, 11) is 3.26. The molecule has 1 fully saturated rings. The maximum atomic E-state index is 6.13. The average Bonchev–Trinajstić information content (AvgIpc) is 2.72. The van der Waals surface area contributed by atoms with Gasteiger partial charge in [-0.15, -0.1) is 0 Å². The van der Waals surface area contributed by atoms with E-state index in [1.54, 1.807) is 20.5 Å². The standard InChI is InChI=1S/C20H21ClN4O2/c1-26-18-11-16-17(12-19(18)27-2)22-13-23-20(16)25-8-6-24(7-9-25)15-5-3-4-14(21)10-15/h3-5,10-13H,6-9H2,1-2H3. The van der Waals surface area contributed by atoms with Gasteiger partial charge >= 0.3 is 0 Å². The Bertz CT molecular complexity index is 958. The number of fused-ring (bicyclic) bond motifs is 1. The molecule has 140 valence electrons. The number of rotatable bonds is 4. The van der Waals surface area contributed by atoms with Gasteiger partial charge in [0.25, 0.3) is 0 Å². The quantitative estimate of drug-likeness (QED) is 0.684. The molecule has 0 saturated carbocycles. The maximum absolute atomic E-state index is 6.13. The molecule has 0 radical (unpaired) electrons. The summed E-state index contributed by atoms with van der Waals surface area (Å²) >= 11 is 6.13. The first-order valence-corrected chi connectivity index (χ1v) is 9.19. The van der Waals surface area contributed by atoms with E-state index >= 15 is 0 Å². The molecule has 27 heavy (non-hydrogen) atoms. The molecule has 0 bridgehead atoms. The Morgan fingerprint density at radius 3 is 2.30 bits per heavy atom. The minimum absolute atomic E-state index is 0.667. The predicted octanol–water partition coefficient (Wildman–Crippen LogP) is 3.63. The van der Waals surface area contributed by atoms with Crippen molar-refractivity contribution in [3.63, 3.8) is 0 Å². The molecule has 7 heteroatoms. The minimum Gasteiger partial charge on any atom is -0.493 e. The molecule has 1 aromatic heterocycles. The Morgan fingerprint density at radius 2 is 1.59 bits per heavy atom. The second-order valence-corrected chi connectivity index (χ2v) is 6.81. The summed E-state index contributed by atoms with van der Waals surface area (Å²) in [6.07, 6.45) is 1.60. The highest BCUT2D eigenvalue weighted by Gasteiger charge is 2.21. The summed E-state index contributed by atoms with van der Waals surface area (Å²) in [4.78, 5) is 13.6. The van der Waals surface area contributed by atoms with Crippen molar-refractivity contribution in [1.82, 2.24) is 9.97 Å². The third kappa shape index (κ3) is 3.45. The largest absolute Gasteiger partial charge is 0.493 e. The molecule has 0 aliphatic carbocycles. The fourth-order valence-corrected chi connectivity index (χ4v) is 3.66. The summed E-state index contributed by atoms with van der Waals surface area (Å²) in [6.45, 7) is 3.54. The molecule has 2 heterocycles. The molecule has 4 rings (SSSR count). The van der Waals surface area contributed by atoms with Crippen molar-refractivity contribution in [2.75, 3.05) is 50.2 Å². The van der Waals surface area contributed by atoms with Crippen LogP contribution in [0.15, 0.2) is 42.7 Å². The lowest BCUT2D eigenvalue weighted by molar-refractivity contribution is 0.356. The molecular weight excluding hydrogens is 364 g/mol. The van der Waals surface area contributed by atoms with Crippen molar-refractivity contribution in [2.45, 2.75) is 0 Å². The van der Waals surface area contributed by atoms with Crippen LogP contribution in [0.25, 0.3) is 10.9 Å². The van der Waals surface area contributed by atoms with Gasteiger partial charge in [-0.2, -0.15) is 0 Å². The number of ether oxygens (including phenoxy) is 2. The second kappa shape index (κ2) is 7.48. The van der Waals surface area contributed by atoms with Crippen molar-refractivity contribution in [2.24, 2.45) is 0 Å². The van der Waals surface area contributed by atoms with E-state index in [4.69, 9.17) is 21.1 Å². The van der Waals surface area contributed by atoms with E-state index in [9.17, 15) is 0 Å². The van der Waals surface area contributed by atoms with Crippen LogP contribution in [-0.4, -0.2) is 50.4 Å². The molecular formula is C20H21ClN4O2. The first-order valence-electron chi connectivity index (χ1n) is 8.82. The van der Waals surface area contributed by atoms with Gasteiger partial charge < -0.3 is 19.3 Å². The molecule has 3 aromatic rings. The molecule has 1 aliphatic rings. The van der Waals surface area contributed by atoms with E-state index < -0.39 is 0 Å². The van der Waals surface area contributed by atoms with Gasteiger partial charge in [0.05, 0.1) is 19.7 Å². The molecule has 0 unspecified atom stereocenters. The Labute approximate surface area is 163 Å². The van der Waals surface area contributed by atoms with Crippen LogP contribution in [0.2, 0.25) is 5.02 Å². The van der Waals surface area contributed by atoms with Crippen LogP contribution in [-0.2, 0) is 0 Å².